The van der Waals surface area contributed by atoms with Crippen molar-refractivity contribution in [1.82, 2.24) is 25.4 Å². The first-order valence-corrected chi connectivity index (χ1v) is 10.2. The van der Waals surface area contributed by atoms with Gasteiger partial charge in [0.1, 0.15) is 5.75 Å². The molecule has 7 nitrogen and oxygen atoms in total. The first-order chi connectivity index (χ1) is 14.2. The average molecular weight is 407 g/mol. The fourth-order valence-corrected chi connectivity index (χ4v) is 3.54. The number of thioether (sulfide) groups is 1. The molecular formula is C21H21N5O2S. The Morgan fingerprint density at radius 3 is 2.45 bits per heavy atom. The van der Waals surface area contributed by atoms with Crippen molar-refractivity contribution in [3.8, 4) is 28.6 Å². The highest BCUT2D eigenvalue weighted by Gasteiger charge is 2.19. The molecule has 0 radical (unpaired) electrons. The molecule has 0 aliphatic heterocycles. The minimum absolute atomic E-state index is 0.0828. The number of H-pyrrole nitrogens is 1. The molecule has 148 valence electrons. The molecule has 0 bridgehead atoms. The summed E-state index contributed by atoms with van der Waals surface area (Å²) < 4.78 is 11.0. The molecule has 0 aliphatic carbocycles. The third-order valence-electron chi connectivity index (χ3n) is 4.51. The number of aryl methyl sites for hydroxylation is 1. The van der Waals surface area contributed by atoms with Crippen LogP contribution < -0.4 is 4.74 Å². The van der Waals surface area contributed by atoms with Crippen molar-refractivity contribution < 1.29 is 9.15 Å². The van der Waals surface area contributed by atoms with Crippen LogP contribution in [0.25, 0.3) is 22.8 Å². The van der Waals surface area contributed by atoms with Gasteiger partial charge in [0.25, 0.3) is 0 Å². The lowest BCUT2D eigenvalue weighted by atomic mass is 10.1. The largest absolute Gasteiger partial charge is 0.497 e. The van der Waals surface area contributed by atoms with E-state index < -0.39 is 0 Å². The molecule has 0 amide bonds. The van der Waals surface area contributed by atoms with Gasteiger partial charge in [0.15, 0.2) is 5.82 Å². The van der Waals surface area contributed by atoms with Crippen molar-refractivity contribution in [2.75, 3.05) is 7.11 Å². The molecule has 0 unspecified atom stereocenters. The molecule has 1 N–H and O–H groups in total. The highest BCUT2D eigenvalue weighted by Crippen LogP contribution is 2.34. The van der Waals surface area contributed by atoms with Crippen molar-refractivity contribution in [3.05, 3.63) is 60.0 Å². The van der Waals surface area contributed by atoms with Crippen LogP contribution in [0, 0.1) is 0 Å². The van der Waals surface area contributed by atoms with Crippen LogP contribution in [-0.2, 0) is 6.42 Å². The van der Waals surface area contributed by atoms with Crippen LogP contribution in [0.5, 0.6) is 5.75 Å². The fraction of sp³-hybridized carbons (Fsp3) is 0.238. The van der Waals surface area contributed by atoms with Gasteiger partial charge in [-0.2, -0.15) is 0 Å². The van der Waals surface area contributed by atoms with Gasteiger partial charge < -0.3 is 9.15 Å². The van der Waals surface area contributed by atoms with Gasteiger partial charge >= 0.3 is 0 Å². The van der Waals surface area contributed by atoms with E-state index in [4.69, 9.17) is 9.15 Å². The van der Waals surface area contributed by atoms with E-state index in [0.29, 0.717) is 16.9 Å². The molecule has 0 saturated heterocycles. The summed E-state index contributed by atoms with van der Waals surface area (Å²) in [5.74, 6) is 2.52. The van der Waals surface area contributed by atoms with Crippen molar-refractivity contribution in [1.29, 1.82) is 0 Å². The maximum atomic E-state index is 5.84. The zero-order valence-electron chi connectivity index (χ0n) is 16.4. The number of hydrogen-bond acceptors (Lipinski definition) is 7. The molecule has 29 heavy (non-hydrogen) atoms. The van der Waals surface area contributed by atoms with Crippen LogP contribution in [0.15, 0.2) is 58.1 Å². The van der Waals surface area contributed by atoms with Gasteiger partial charge in [-0.05, 0) is 43.2 Å². The summed E-state index contributed by atoms with van der Waals surface area (Å²) in [4.78, 5) is 4.58. The Morgan fingerprint density at radius 1 is 1.03 bits per heavy atom. The fourth-order valence-electron chi connectivity index (χ4n) is 2.78. The van der Waals surface area contributed by atoms with E-state index in [9.17, 15) is 0 Å². The van der Waals surface area contributed by atoms with E-state index >= 15 is 0 Å². The number of nitrogens with one attached hydrogen (secondary N) is 1. The average Bonchev–Trinajstić information content (AvgIpc) is 3.44. The minimum atomic E-state index is -0.0828. The maximum absolute atomic E-state index is 5.84. The Bertz CT molecular complexity index is 1070. The third kappa shape index (κ3) is 4.32. The van der Waals surface area contributed by atoms with Crippen LogP contribution in [0.3, 0.4) is 0 Å². The van der Waals surface area contributed by atoms with Crippen molar-refractivity contribution in [2.24, 2.45) is 0 Å². The lowest BCUT2D eigenvalue weighted by molar-refractivity contribution is 0.415. The predicted molar refractivity (Wildman–Crippen MR) is 112 cm³/mol. The molecule has 4 rings (SSSR count). The van der Waals surface area contributed by atoms with Crippen molar-refractivity contribution in [3.63, 3.8) is 0 Å². The summed E-state index contributed by atoms with van der Waals surface area (Å²) in [5.41, 5.74) is 3.15. The second-order valence-electron chi connectivity index (χ2n) is 6.45. The Balaban J connectivity index is 1.45. The van der Waals surface area contributed by atoms with Crippen LogP contribution in [0.2, 0.25) is 0 Å². The lowest BCUT2D eigenvalue weighted by Crippen LogP contribution is -1.89. The Kier molecular flexibility index (Phi) is 5.62. The topological polar surface area (TPSA) is 89.7 Å². The van der Waals surface area contributed by atoms with Crippen LogP contribution >= 0.6 is 11.8 Å². The second-order valence-corrected chi connectivity index (χ2v) is 7.76. The summed E-state index contributed by atoms with van der Waals surface area (Å²) in [7, 11) is 1.63. The Labute approximate surface area is 172 Å². The minimum Gasteiger partial charge on any atom is -0.497 e. The van der Waals surface area contributed by atoms with E-state index in [0.717, 1.165) is 29.1 Å². The number of benzene rings is 2. The van der Waals surface area contributed by atoms with Gasteiger partial charge in [-0.15, -0.1) is 15.3 Å². The molecule has 0 aliphatic rings. The van der Waals surface area contributed by atoms with Crippen molar-refractivity contribution in [2.45, 2.75) is 30.7 Å². The van der Waals surface area contributed by atoms with E-state index in [2.05, 4.69) is 56.6 Å². The third-order valence-corrected chi connectivity index (χ3v) is 5.46. The van der Waals surface area contributed by atoms with E-state index in [-0.39, 0.29) is 5.25 Å². The zero-order chi connectivity index (χ0) is 20.2. The number of aromatic nitrogens is 5. The molecule has 4 aromatic rings. The van der Waals surface area contributed by atoms with E-state index in [1.54, 1.807) is 7.11 Å². The molecule has 0 saturated carbocycles. The summed E-state index contributed by atoms with van der Waals surface area (Å²) in [6.45, 7) is 4.12. The number of nitrogens with zero attached hydrogens (tertiary/aromatic N) is 4. The first kappa shape index (κ1) is 19.2. The number of aromatic amines is 1. The zero-order valence-corrected chi connectivity index (χ0v) is 17.2. The smallest absolute Gasteiger partial charge is 0.247 e. The number of ether oxygens (including phenoxy) is 1. The molecular weight excluding hydrogens is 386 g/mol. The molecule has 1 atom stereocenters. The summed E-state index contributed by atoms with van der Waals surface area (Å²) in [5, 5.41) is 16.2. The van der Waals surface area contributed by atoms with Crippen LogP contribution in [0.4, 0.5) is 0 Å². The number of methoxy groups -OCH3 is 1. The van der Waals surface area contributed by atoms with Gasteiger partial charge in [-0.25, -0.2) is 4.98 Å². The standard InChI is InChI=1S/C21H21N5O2S/c1-4-14-5-7-15(8-6-14)18-22-21(26-23-18)29-13(2)19-24-25-20(28-19)16-9-11-17(27-3)12-10-16/h5-13H,4H2,1-3H3,(H,22,23,26)/t13-/m1/s1. The van der Waals surface area contributed by atoms with Gasteiger partial charge in [0.2, 0.25) is 16.9 Å². The van der Waals surface area contributed by atoms with Crippen LogP contribution in [-0.4, -0.2) is 32.5 Å². The summed E-state index contributed by atoms with van der Waals surface area (Å²) in [6.07, 6.45) is 1.01. The quantitative estimate of drug-likeness (QED) is 0.434. The maximum Gasteiger partial charge on any atom is 0.247 e. The molecule has 0 spiro atoms. The van der Waals surface area contributed by atoms with Crippen LogP contribution in [0.1, 0.15) is 30.6 Å². The molecule has 2 aromatic heterocycles. The monoisotopic (exact) mass is 407 g/mol. The predicted octanol–water partition coefficient (Wildman–Crippen LogP) is 4.95. The lowest BCUT2D eigenvalue weighted by Gasteiger charge is -2.02. The number of hydrogen-bond donors (Lipinski definition) is 1. The summed E-state index contributed by atoms with van der Waals surface area (Å²) in [6, 6.07) is 15.8. The van der Waals surface area contributed by atoms with E-state index in [1.165, 1.54) is 17.3 Å². The van der Waals surface area contributed by atoms with Gasteiger partial charge in [0.05, 0.1) is 12.4 Å². The Hall–Kier alpha value is -3.13. The molecule has 2 aromatic carbocycles. The SMILES string of the molecule is CCc1ccc(-c2nc(S[C@H](C)c3nnc(-c4ccc(OC)cc4)o3)n[nH]2)cc1. The van der Waals surface area contributed by atoms with Crippen molar-refractivity contribution >= 4 is 11.8 Å². The summed E-state index contributed by atoms with van der Waals surface area (Å²) >= 11 is 1.46. The second kappa shape index (κ2) is 8.48. The molecule has 8 heteroatoms. The molecule has 2 heterocycles. The van der Waals surface area contributed by atoms with E-state index in [1.807, 2.05) is 31.2 Å². The van der Waals surface area contributed by atoms with Gasteiger partial charge in [-0.1, -0.05) is 43.0 Å². The first-order valence-electron chi connectivity index (χ1n) is 9.32. The highest BCUT2D eigenvalue weighted by atomic mass is 32.2. The molecule has 0 fully saturated rings. The van der Waals surface area contributed by atoms with Gasteiger partial charge in [-0.3, -0.25) is 5.10 Å². The normalized spacial score (nSPS) is 12.1. The Morgan fingerprint density at radius 2 is 1.76 bits per heavy atom. The number of rotatable bonds is 7. The van der Waals surface area contributed by atoms with Gasteiger partial charge in [0, 0.05) is 11.1 Å². The highest BCUT2D eigenvalue weighted by molar-refractivity contribution is 7.99.